The predicted octanol–water partition coefficient (Wildman–Crippen LogP) is 1.60. The van der Waals surface area contributed by atoms with Crippen LogP contribution in [0.3, 0.4) is 0 Å². The summed E-state index contributed by atoms with van der Waals surface area (Å²) >= 11 is 0. The summed E-state index contributed by atoms with van der Waals surface area (Å²) in [6.07, 6.45) is 0.115. The van der Waals surface area contributed by atoms with Gasteiger partial charge in [0.2, 0.25) is 0 Å². The van der Waals surface area contributed by atoms with Crippen molar-refractivity contribution in [1.29, 1.82) is 0 Å². The first-order valence-electron chi connectivity index (χ1n) is 6.00. The highest BCUT2D eigenvalue weighted by atomic mass is 19.4. The van der Waals surface area contributed by atoms with E-state index >= 15 is 0 Å². The third-order valence-electron chi connectivity index (χ3n) is 2.99. The molecule has 0 unspecified atom stereocenters. The van der Waals surface area contributed by atoms with Gasteiger partial charge in [-0.2, -0.15) is 13.2 Å². The lowest BCUT2D eigenvalue weighted by Crippen LogP contribution is -2.29. The molecule has 3 rings (SSSR count). The first-order chi connectivity index (χ1) is 9.55. The van der Waals surface area contributed by atoms with Crippen molar-refractivity contribution in [1.82, 2.24) is 25.3 Å². The largest absolute Gasteiger partial charge is 0.433 e. The van der Waals surface area contributed by atoms with E-state index in [-0.39, 0.29) is 23.6 Å². The second-order valence-electron chi connectivity index (χ2n) is 4.34. The lowest BCUT2D eigenvalue weighted by molar-refractivity contribution is -0.142. The van der Waals surface area contributed by atoms with Crippen molar-refractivity contribution in [2.45, 2.75) is 19.1 Å². The van der Waals surface area contributed by atoms with Crippen LogP contribution in [0.4, 0.5) is 13.2 Å². The van der Waals surface area contributed by atoms with Gasteiger partial charge in [-0.25, -0.2) is 15.0 Å². The average Bonchev–Trinajstić information content (AvgIpc) is 2.46. The highest BCUT2D eigenvalue weighted by Crippen LogP contribution is 2.33. The Bertz CT molecular complexity index is 627. The van der Waals surface area contributed by atoms with E-state index in [0.717, 1.165) is 0 Å². The highest BCUT2D eigenvalue weighted by molar-refractivity contribution is 5.49. The minimum Gasteiger partial charge on any atom is -0.312 e. The lowest BCUT2D eigenvalue weighted by atomic mass is 10.0. The molecule has 8 heteroatoms. The molecule has 0 aliphatic carbocycles. The van der Waals surface area contributed by atoms with E-state index in [2.05, 4.69) is 25.3 Å². The smallest absolute Gasteiger partial charge is 0.312 e. The van der Waals surface area contributed by atoms with Gasteiger partial charge in [0.15, 0.2) is 11.5 Å². The fraction of sp³-hybridized carbons (Fsp3) is 0.333. The molecule has 0 saturated carbocycles. The quantitative estimate of drug-likeness (QED) is 0.860. The maximum atomic E-state index is 13.1. The highest BCUT2D eigenvalue weighted by Gasteiger charge is 2.38. The lowest BCUT2D eigenvalue weighted by Gasteiger charge is -2.20. The Morgan fingerprint density at radius 3 is 2.70 bits per heavy atom. The van der Waals surface area contributed by atoms with Crippen molar-refractivity contribution in [3.63, 3.8) is 0 Å². The summed E-state index contributed by atoms with van der Waals surface area (Å²) in [5.74, 6) is -0.0360. The zero-order valence-corrected chi connectivity index (χ0v) is 10.3. The Balaban J connectivity index is 2.19. The topological polar surface area (TPSA) is 63.6 Å². The Morgan fingerprint density at radius 1 is 1.15 bits per heavy atom. The first-order valence-corrected chi connectivity index (χ1v) is 6.00. The van der Waals surface area contributed by atoms with Crippen molar-refractivity contribution in [2.75, 3.05) is 6.54 Å². The third kappa shape index (κ3) is 2.34. The van der Waals surface area contributed by atoms with Gasteiger partial charge in [0, 0.05) is 37.5 Å². The van der Waals surface area contributed by atoms with Crippen LogP contribution < -0.4 is 5.32 Å². The normalized spacial score (nSPS) is 14.9. The number of hydrogen-bond acceptors (Lipinski definition) is 5. The molecule has 0 fully saturated rings. The van der Waals surface area contributed by atoms with Gasteiger partial charge in [-0.15, -0.1) is 0 Å². The second kappa shape index (κ2) is 4.78. The molecule has 2 aromatic heterocycles. The zero-order chi connectivity index (χ0) is 14.2. The van der Waals surface area contributed by atoms with Crippen LogP contribution in [0.1, 0.15) is 17.0 Å². The molecule has 0 spiro atoms. The molecule has 1 N–H and O–H groups in total. The van der Waals surface area contributed by atoms with E-state index in [1.165, 1.54) is 18.6 Å². The number of hydrogen-bond donors (Lipinski definition) is 1. The molecule has 0 aromatic carbocycles. The summed E-state index contributed by atoms with van der Waals surface area (Å²) in [6.45, 7) is 0.728. The number of nitrogens with zero attached hydrogens (tertiary/aromatic N) is 4. The van der Waals surface area contributed by atoms with Crippen LogP contribution in [-0.4, -0.2) is 26.5 Å². The van der Waals surface area contributed by atoms with Gasteiger partial charge in [-0.05, 0) is 0 Å². The Kier molecular flexibility index (Phi) is 3.09. The Hall–Kier alpha value is -2.09. The number of nitrogens with one attached hydrogen (secondary N) is 1. The Labute approximate surface area is 112 Å². The van der Waals surface area contributed by atoms with Gasteiger partial charge in [-0.3, -0.25) is 4.98 Å². The number of halogens is 3. The van der Waals surface area contributed by atoms with Crippen LogP contribution in [0.15, 0.2) is 18.6 Å². The van der Waals surface area contributed by atoms with E-state index in [4.69, 9.17) is 0 Å². The zero-order valence-electron chi connectivity index (χ0n) is 10.3. The molecule has 1 aliphatic rings. The Morgan fingerprint density at radius 2 is 2.00 bits per heavy atom. The van der Waals surface area contributed by atoms with Crippen molar-refractivity contribution < 1.29 is 13.2 Å². The van der Waals surface area contributed by atoms with Gasteiger partial charge in [0.1, 0.15) is 5.69 Å². The molecule has 0 bridgehead atoms. The fourth-order valence-electron chi connectivity index (χ4n) is 2.11. The van der Waals surface area contributed by atoms with Crippen LogP contribution >= 0.6 is 0 Å². The summed E-state index contributed by atoms with van der Waals surface area (Å²) in [4.78, 5) is 15.6. The minimum atomic E-state index is -4.51. The number of rotatable bonds is 1. The molecular formula is C12H10F3N5. The van der Waals surface area contributed by atoms with E-state index in [9.17, 15) is 13.2 Å². The molecule has 0 radical (unpaired) electrons. The number of fused-ring (bicyclic) bond motifs is 1. The fourth-order valence-corrected chi connectivity index (χ4v) is 2.11. The van der Waals surface area contributed by atoms with Crippen LogP contribution in [0.2, 0.25) is 0 Å². The van der Waals surface area contributed by atoms with Crippen LogP contribution in [0.5, 0.6) is 0 Å². The monoisotopic (exact) mass is 281 g/mol. The van der Waals surface area contributed by atoms with Crippen LogP contribution in [0, 0.1) is 0 Å². The van der Waals surface area contributed by atoms with Crippen LogP contribution in [-0.2, 0) is 19.1 Å². The van der Waals surface area contributed by atoms with Crippen molar-refractivity contribution in [3.8, 4) is 11.5 Å². The maximum absolute atomic E-state index is 13.1. The number of aromatic nitrogens is 4. The molecule has 0 atom stereocenters. The molecule has 2 aromatic rings. The third-order valence-corrected chi connectivity index (χ3v) is 2.99. The first kappa shape index (κ1) is 12.9. The summed E-state index contributed by atoms with van der Waals surface area (Å²) in [6, 6.07) is 0. The van der Waals surface area contributed by atoms with Crippen molar-refractivity contribution in [3.05, 3.63) is 35.5 Å². The SMILES string of the molecule is FC(F)(F)c1nc(-c2cnccn2)nc2c1CNCC2. The summed E-state index contributed by atoms with van der Waals surface area (Å²) in [5.41, 5.74) is -0.113. The molecule has 0 saturated heterocycles. The van der Waals surface area contributed by atoms with Crippen molar-refractivity contribution in [2.24, 2.45) is 0 Å². The van der Waals surface area contributed by atoms with Gasteiger partial charge in [0.25, 0.3) is 0 Å². The predicted molar refractivity (Wildman–Crippen MR) is 63.5 cm³/mol. The summed E-state index contributed by atoms with van der Waals surface area (Å²) in [7, 11) is 0. The van der Waals surface area contributed by atoms with Crippen molar-refractivity contribution >= 4 is 0 Å². The maximum Gasteiger partial charge on any atom is 0.433 e. The van der Waals surface area contributed by atoms with Gasteiger partial charge >= 0.3 is 6.18 Å². The second-order valence-corrected chi connectivity index (χ2v) is 4.34. The van der Waals surface area contributed by atoms with E-state index in [1.807, 2.05) is 0 Å². The molecule has 3 heterocycles. The van der Waals surface area contributed by atoms with Gasteiger partial charge < -0.3 is 5.32 Å². The summed E-state index contributed by atoms with van der Waals surface area (Å²) in [5, 5.41) is 2.90. The summed E-state index contributed by atoms with van der Waals surface area (Å²) < 4.78 is 39.4. The number of alkyl halides is 3. The molecule has 5 nitrogen and oxygen atoms in total. The molecule has 0 amide bonds. The van der Waals surface area contributed by atoms with E-state index < -0.39 is 11.9 Å². The standard InChI is InChI=1S/C12H10F3N5/c13-12(14,15)10-7-5-16-2-1-8(7)19-11(20-10)9-6-17-3-4-18-9/h3-4,6,16H,1-2,5H2. The average molecular weight is 281 g/mol. The van der Waals surface area contributed by atoms with Crippen LogP contribution in [0.25, 0.3) is 11.5 Å². The van der Waals surface area contributed by atoms with Gasteiger partial charge in [-0.1, -0.05) is 0 Å². The molecular weight excluding hydrogens is 271 g/mol. The van der Waals surface area contributed by atoms with E-state index in [0.29, 0.717) is 18.7 Å². The van der Waals surface area contributed by atoms with Gasteiger partial charge in [0.05, 0.1) is 11.9 Å². The molecule has 20 heavy (non-hydrogen) atoms. The minimum absolute atomic E-state index is 0.0360. The van der Waals surface area contributed by atoms with E-state index in [1.54, 1.807) is 0 Å². The molecule has 1 aliphatic heterocycles. The molecule has 104 valence electrons.